The van der Waals surface area contributed by atoms with Gasteiger partial charge in [-0.25, -0.2) is 0 Å². The number of hydrogen-bond donors (Lipinski definition) is 5. The van der Waals surface area contributed by atoms with Gasteiger partial charge in [0.05, 0.1) is 5.56 Å². The number of ketones is 2. The fraction of sp³-hybridized carbons (Fsp3) is 0.519. The molecule has 0 unspecified atom stereocenters. The lowest BCUT2D eigenvalue weighted by atomic mass is 9.54. The molecular weight excluding hydrogens is 450 g/mol. The van der Waals surface area contributed by atoms with Crippen LogP contribution in [0.4, 0.5) is 0 Å². The number of aliphatic hydroxyl groups excluding tert-OH is 2. The van der Waals surface area contributed by atoms with Gasteiger partial charge in [-0.15, -0.1) is 0 Å². The summed E-state index contributed by atoms with van der Waals surface area (Å²) in [4.78, 5) is 39.1. The van der Waals surface area contributed by atoms with Crippen molar-refractivity contribution in [2.45, 2.75) is 65.4 Å². The molecule has 4 atom stereocenters. The summed E-state index contributed by atoms with van der Waals surface area (Å²) in [5.74, 6) is -7.38. The van der Waals surface area contributed by atoms with E-state index in [9.17, 15) is 34.8 Å². The zero-order chi connectivity index (χ0) is 26.4. The Morgan fingerprint density at radius 2 is 1.77 bits per heavy atom. The smallest absolute Gasteiger partial charge is 0.255 e. The Bertz CT molecular complexity index is 1250. The fourth-order valence-corrected chi connectivity index (χ4v) is 6.31. The Kier molecular flexibility index (Phi) is 5.48. The standard InChI is InChI=1S/C27H33NO7/c1-10(2)16-14-9-12-8-13-11(3)7-15(26(4,5)6)20(29)18(13)22(31)17(12)23(32)27(14,35)24(33)19(21(16)30)25(28)34/h7,10,12,14,16,29,31,33,35H,8-9H2,1-6H3,(H2,28,34)/t12-,14-,16-,27-/m0/s1. The van der Waals surface area contributed by atoms with E-state index in [1.165, 1.54) is 0 Å². The van der Waals surface area contributed by atoms with Gasteiger partial charge in [-0.1, -0.05) is 40.7 Å². The van der Waals surface area contributed by atoms with E-state index in [1.807, 2.05) is 33.8 Å². The molecule has 0 heterocycles. The number of aromatic hydroxyl groups is 1. The van der Waals surface area contributed by atoms with Gasteiger partial charge < -0.3 is 26.2 Å². The molecule has 0 aliphatic heterocycles. The second-order valence-corrected chi connectivity index (χ2v) is 11.5. The maximum Gasteiger partial charge on any atom is 0.255 e. The first kappa shape index (κ1) is 25.0. The molecule has 8 heteroatoms. The summed E-state index contributed by atoms with van der Waals surface area (Å²) in [7, 11) is 0. The minimum Gasteiger partial charge on any atom is -0.508 e. The van der Waals surface area contributed by atoms with Crippen LogP contribution in [0.1, 0.15) is 63.3 Å². The number of aryl methyl sites for hydroxylation is 1. The molecule has 4 rings (SSSR count). The number of aliphatic hydroxyl groups is 3. The predicted octanol–water partition coefficient (Wildman–Crippen LogP) is 2.91. The molecule has 1 amide bonds. The first-order valence-electron chi connectivity index (χ1n) is 11.9. The summed E-state index contributed by atoms with van der Waals surface area (Å²) in [6.07, 6.45) is 0.427. The van der Waals surface area contributed by atoms with Crippen molar-refractivity contribution in [3.8, 4) is 5.75 Å². The number of phenolic OH excluding ortho intramolecular Hbond substituents is 1. The average molecular weight is 484 g/mol. The Balaban J connectivity index is 2.00. The van der Waals surface area contributed by atoms with Crippen molar-refractivity contribution in [1.82, 2.24) is 0 Å². The van der Waals surface area contributed by atoms with Crippen LogP contribution in [0.5, 0.6) is 5.75 Å². The van der Waals surface area contributed by atoms with Crippen molar-refractivity contribution in [2.75, 3.05) is 0 Å². The van der Waals surface area contributed by atoms with Crippen molar-refractivity contribution < 1.29 is 34.8 Å². The lowest BCUT2D eigenvalue weighted by molar-refractivity contribution is -0.155. The van der Waals surface area contributed by atoms with Gasteiger partial charge in [-0.3, -0.25) is 14.4 Å². The molecule has 1 saturated carbocycles. The number of benzene rings is 1. The topological polar surface area (TPSA) is 158 Å². The van der Waals surface area contributed by atoms with Crippen LogP contribution in [-0.4, -0.2) is 43.5 Å². The number of carbonyl (C=O) groups is 3. The van der Waals surface area contributed by atoms with Gasteiger partial charge in [0.15, 0.2) is 11.4 Å². The van der Waals surface area contributed by atoms with Gasteiger partial charge in [-0.05, 0) is 48.1 Å². The Labute approximate surface area is 204 Å². The number of fused-ring (bicyclic) bond motifs is 3. The monoisotopic (exact) mass is 483 g/mol. The van der Waals surface area contributed by atoms with Gasteiger partial charge in [0.2, 0.25) is 5.78 Å². The van der Waals surface area contributed by atoms with Gasteiger partial charge in [0, 0.05) is 23.0 Å². The molecular formula is C27H33NO7. The number of carbonyl (C=O) groups excluding carboxylic acids is 3. The summed E-state index contributed by atoms with van der Waals surface area (Å²) in [6.45, 7) is 11.1. The first-order valence-corrected chi connectivity index (χ1v) is 11.9. The molecule has 3 aliphatic rings. The normalized spacial score (nSPS) is 28.7. The van der Waals surface area contributed by atoms with Crippen LogP contribution in [-0.2, 0) is 26.2 Å². The van der Waals surface area contributed by atoms with Crippen molar-refractivity contribution in [1.29, 1.82) is 0 Å². The van der Waals surface area contributed by atoms with Gasteiger partial charge >= 0.3 is 0 Å². The lowest BCUT2D eigenvalue weighted by Crippen LogP contribution is -2.62. The quantitative estimate of drug-likeness (QED) is 0.405. The Hall–Kier alpha value is -3.13. The van der Waals surface area contributed by atoms with Crippen LogP contribution < -0.4 is 5.73 Å². The number of phenols is 1. The molecule has 1 aromatic carbocycles. The summed E-state index contributed by atoms with van der Waals surface area (Å²) >= 11 is 0. The summed E-state index contributed by atoms with van der Waals surface area (Å²) in [5.41, 5.74) is 3.71. The highest BCUT2D eigenvalue weighted by Crippen LogP contribution is 2.55. The highest BCUT2D eigenvalue weighted by atomic mass is 16.3. The van der Waals surface area contributed by atoms with E-state index in [-0.39, 0.29) is 29.2 Å². The number of Topliss-reactive ketones (excluding diaryl/α,β-unsaturated/α-hetero) is 2. The highest BCUT2D eigenvalue weighted by molar-refractivity contribution is 6.23. The number of nitrogens with two attached hydrogens (primary N) is 1. The SMILES string of the molecule is Cc1cc(C(C)(C)C)c(O)c2c1C[C@H]1C[C@H]3[C@H](C(C)C)C(=O)C(C(N)=O)=C(O)[C@@]3(O)C(=O)C1=C2O. The highest BCUT2D eigenvalue weighted by Gasteiger charge is 2.64. The molecule has 6 N–H and O–H groups in total. The zero-order valence-corrected chi connectivity index (χ0v) is 20.9. The van der Waals surface area contributed by atoms with Crippen LogP contribution in [0.25, 0.3) is 5.76 Å². The Morgan fingerprint density at radius 1 is 1.17 bits per heavy atom. The van der Waals surface area contributed by atoms with Crippen LogP contribution in [0.2, 0.25) is 0 Å². The number of amides is 1. The molecule has 188 valence electrons. The summed E-state index contributed by atoms with van der Waals surface area (Å²) < 4.78 is 0. The largest absolute Gasteiger partial charge is 0.508 e. The number of hydrogen-bond acceptors (Lipinski definition) is 7. The molecule has 8 nitrogen and oxygen atoms in total. The van der Waals surface area contributed by atoms with Gasteiger partial charge in [-0.2, -0.15) is 0 Å². The molecule has 0 saturated heterocycles. The second kappa shape index (κ2) is 7.68. The van der Waals surface area contributed by atoms with E-state index in [2.05, 4.69) is 0 Å². The van der Waals surface area contributed by atoms with E-state index in [1.54, 1.807) is 13.8 Å². The zero-order valence-electron chi connectivity index (χ0n) is 20.9. The predicted molar refractivity (Wildman–Crippen MR) is 129 cm³/mol. The molecule has 3 aliphatic carbocycles. The van der Waals surface area contributed by atoms with E-state index in [0.717, 1.165) is 5.56 Å². The summed E-state index contributed by atoms with van der Waals surface area (Å²) in [6, 6.07) is 1.88. The third kappa shape index (κ3) is 3.26. The molecule has 1 fully saturated rings. The van der Waals surface area contributed by atoms with E-state index in [0.29, 0.717) is 17.5 Å². The maximum atomic E-state index is 13.9. The van der Waals surface area contributed by atoms with E-state index >= 15 is 0 Å². The lowest BCUT2D eigenvalue weighted by Gasteiger charge is -2.50. The minimum absolute atomic E-state index is 0.118. The summed E-state index contributed by atoms with van der Waals surface area (Å²) in [5, 5.41) is 45.0. The van der Waals surface area contributed by atoms with Gasteiger partial charge in [0.25, 0.3) is 5.91 Å². The van der Waals surface area contributed by atoms with Crippen molar-refractivity contribution in [3.63, 3.8) is 0 Å². The molecule has 1 aromatic rings. The molecule has 35 heavy (non-hydrogen) atoms. The van der Waals surface area contributed by atoms with Crippen LogP contribution in [0.3, 0.4) is 0 Å². The van der Waals surface area contributed by atoms with Crippen molar-refractivity contribution in [2.24, 2.45) is 29.4 Å². The van der Waals surface area contributed by atoms with Crippen LogP contribution in [0, 0.1) is 30.6 Å². The van der Waals surface area contributed by atoms with Crippen molar-refractivity contribution in [3.05, 3.63) is 45.2 Å². The fourth-order valence-electron chi connectivity index (χ4n) is 6.31. The van der Waals surface area contributed by atoms with Crippen LogP contribution in [0.15, 0.2) is 23.0 Å². The average Bonchev–Trinajstić information content (AvgIpc) is 2.71. The Morgan fingerprint density at radius 3 is 2.29 bits per heavy atom. The third-order valence-electron chi connectivity index (χ3n) is 8.00. The minimum atomic E-state index is -2.59. The van der Waals surface area contributed by atoms with Gasteiger partial charge in [0.1, 0.15) is 22.8 Å². The number of rotatable bonds is 2. The maximum absolute atomic E-state index is 13.9. The van der Waals surface area contributed by atoms with Crippen LogP contribution >= 0.6 is 0 Å². The second-order valence-electron chi connectivity index (χ2n) is 11.5. The first-order chi connectivity index (χ1) is 16.0. The molecule has 0 bridgehead atoms. The van der Waals surface area contributed by atoms with E-state index in [4.69, 9.17) is 5.73 Å². The third-order valence-corrected chi connectivity index (χ3v) is 8.00. The van der Waals surface area contributed by atoms with Crippen molar-refractivity contribution >= 4 is 23.2 Å². The molecule has 0 radical (unpaired) electrons. The molecule has 0 aromatic heterocycles. The van der Waals surface area contributed by atoms with E-state index < -0.39 is 63.3 Å². The number of primary amides is 1. The molecule has 0 spiro atoms.